The predicted molar refractivity (Wildman–Crippen MR) is 59.1 cm³/mol. The van der Waals surface area contributed by atoms with Crippen molar-refractivity contribution in [3.05, 3.63) is 0 Å². The normalized spacial score (nSPS) is 14.6. The molecule has 0 heterocycles. The van der Waals surface area contributed by atoms with Crippen LogP contribution in [0, 0.1) is 5.92 Å². The highest BCUT2D eigenvalue weighted by Crippen LogP contribution is 1.99. The maximum Gasteiger partial charge on any atom is 0.244 e. The predicted octanol–water partition coefficient (Wildman–Crippen LogP) is -0.437. The molecule has 0 radical (unpaired) electrons. The average molecular weight is 215 g/mol. The van der Waals surface area contributed by atoms with Crippen molar-refractivity contribution in [1.29, 1.82) is 0 Å². The largest absolute Gasteiger partial charge is 0.347 e. The van der Waals surface area contributed by atoms with Crippen LogP contribution in [-0.4, -0.2) is 42.9 Å². The van der Waals surface area contributed by atoms with Crippen molar-refractivity contribution in [1.82, 2.24) is 10.2 Å². The summed E-state index contributed by atoms with van der Waals surface area (Å²) in [5.41, 5.74) is 5.65. The van der Waals surface area contributed by atoms with Crippen molar-refractivity contribution >= 4 is 11.8 Å². The van der Waals surface area contributed by atoms with Crippen LogP contribution in [0.1, 0.15) is 20.8 Å². The maximum absolute atomic E-state index is 11.5. The summed E-state index contributed by atoms with van der Waals surface area (Å²) < 4.78 is 0. The number of hydrogen-bond acceptors (Lipinski definition) is 3. The first-order chi connectivity index (χ1) is 6.77. The summed E-state index contributed by atoms with van der Waals surface area (Å²) >= 11 is 0. The van der Waals surface area contributed by atoms with Crippen molar-refractivity contribution in [3.63, 3.8) is 0 Å². The summed E-state index contributed by atoms with van der Waals surface area (Å²) in [5, 5.41) is 2.59. The van der Waals surface area contributed by atoms with Gasteiger partial charge in [0.2, 0.25) is 11.8 Å². The summed E-state index contributed by atoms with van der Waals surface area (Å²) in [5.74, 6) is -0.362. The third kappa shape index (κ3) is 4.29. The lowest BCUT2D eigenvalue weighted by molar-refractivity contribution is -0.134. The molecule has 0 bridgehead atoms. The third-order valence-corrected chi connectivity index (χ3v) is 2.19. The highest BCUT2D eigenvalue weighted by Gasteiger charge is 2.22. The van der Waals surface area contributed by atoms with E-state index in [1.807, 2.05) is 13.8 Å². The summed E-state index contributed by atoms with van der Waals surface area (Å²) in [4.78, 5) is 24.4. The van der Waals surface area contributed by atoms with Gasteiger partial charge in [-0.3, -0.25) is 9.59 Å². The van der Waals surface area contributed by atoms with Crippen LogP contribution in [0.15, 0.2) is 0 Å². The van der Waals surface area contributed by atoms with E-state index in [0.29, 0.717) is 0 Å². The second-order valence-electron chi connectivity index (χ2n) is 4.23. The quantitative estimate of drug-likeness (QED) is 0.667. The van der Waals surface area contributed by atoms with Gasteiger partial charge in [0.05, 0.1) is 6.04 Å². The Morgan fingerprint density at radius 1 is 1.20 bits per heavy atom. The molecule has 2 atom stereocenters. The minimum absolute atomic E-state index is 0.0617. The van der Waals surface area contributed by atoms with Gasteiger partial charge in [0.25, 0.3) is 0 Å². The van der Waals surface area contributed by atoms with Crippen LogP contribution in [-0.2, 0) is 9.59 Å². The first-order valence-electron chi connectivity index (χ1n) is 5.04. The molecule has 0 saturated heterocycles. The second-order valence-corrected chi connectivity index (χ2v) is 4.23. The number of carbonyl (C=O) groups is 2. The van der Waals surface area contributed by atoms with Crippen molar-refractivity contribution in [3.8, 4) is 0 Å². The van der Waals surface area contributed by atoms with E-state index < -0.39 is 12.1 Å². The highest BCUT2D eigenvalue weighted by atomic mass is 16.2. The number of carbonyl (C=O) groups excluding carboxylic acids is 2. The Balaban J connectivity index is 4.24. The molecule has 0 aliphatic rings. The molecule has 0 aromatic heterocycles. The zero-order chi connectivity index (χ0) is 12.2. The molecule has 0 aromatic carbocycles. The minimum atomic E-state index is -0.567. The molecule has 0 rings (SSSR count). The lowest BCUT2D eigenvalue weighted by Gasteiger charge is -2.21. The van der Waals surface area contributed by atoms with Gasteiger partial charge < -0.3 is 16.0 Å². The van der Waals surface area contributed by atoms with Crippen molar-refractivity contribution < 1.29 is 9.59 Å². The molecule has 0 spiro atoms. The van der Waals surface area contributed by atoms with E-state index in [0.717, 1.165) is 0 Å². The van der Waals surface area contributed by atoms with Gasteiger partial charge in [0.1, 0.15) is 6.04 Å². The Kier molecular flexibility index (Phi) is 5.28. The number of amides is 2. The fourth-order valence-corrected chi connectivity index (χ4v) is 1.06. The van der Waals surface area contributed by atoms with Gasteiger partial charge in [-0.25, -0.2) is 0 Å². The summed E-state index contributed by atoms with van der Waals surface area (Å²) in [7, 11) is 3.29. The van der Waals surface area contributed by atoms with E-state index >= 15 is 0 Å². The number of likely N-dealkylation sites (N-methyl/N-ethyl adjacent to an activating group) is 1. The van der Waals surface area contributed by atoms with Gasteiger partial charge in [-0.15, -0.1) is 0 Å². The lowest BCUT2D eigenvalue weighted by Crippen LogP contribution is -2.51. The first-order valence-corrected chi connectivity index (χ1v) is 5.04. The Morgan fingerprint density at radius 3 is 2.00 bits per heavy atom. The number of nitrogens with one attached hydrogen (secondary N) is 1. The second kappa shape index (κ2) is 5.70. The molecular weight excluding hydrogens is 194 g/mol. The Morgan fingerprint density at radius 2 is 1.67 bits per heavy atom. The van der Waals surface area contributed by atoms with E-state index in [1.54, 1.807) is 21.0 Å². The first kappa shape index (κ1) is 13.9. The van der Waals surface area contributed by atoms with Gasteiger partial charge in [-0.05, 0) is 12.8 Å². The molecule has 0 saturated carbocycles. The Labute approximate surface area is 91.0 Å². The molecular formula is C10H21N3O2. The molecule has 0 aliphatic heterocycles. The van der Waals surface area contributed by atoms with E-state index in [9.17, 15) is 9.59 Å². The van der Waals surface area contributed by atoms with E-state index in [4.69, 9.17) is 5.73 Å². The molecule has 1 unspecified atom stereocenters. The zero-order valence-corrected chi connectivity index (χ0v) is 10.1. The lowest BCUT2D eigenvalue weighted by atomic mass is 10.0. The number of rotatable bonds is 4. The van der Waals surface area contributed by atoms with Crippen LogP contribution < -0.4 is 11.1 Å². The van der Waals surface area contributed by atoms with Crippen molar-refractivity contribution in [2.75, 3.05) is 14.1 Å². The van der Waals surface area contributed by atoms with Crippen LogP contribution in [0.2, 0.25) is 0 Å². The van der Waals surface area contributed by atoms with Crippen LogP contribution in [0.3, 0.4) is 0 Å². The van der Waals surface area contributed by atoms with Gasteiger partial charge >= 0.3 is 0 Å². The summed E-state index contributed by atoms with van der Waals surface area (Å²) in [6.45, 7) is 5.37. The molecule has 3 N–H and O–H groups in total. The average Bonchev–Trinajstić information content (AvgIpc) is 2.14. The zero-order valence-electron chi connectivity index (χ0n) is 10.1. The summed E-state index contributed by atoms with van der Waals surface area (Å²) in [6.07, 6.45) is 0. The topological polar surface area (TPSA) is 75.4 Å². The van der Waals surface area contributed by atoms with E-state index in [-0.39, 0.29) is 17.7 Å². The van der Waals surface area contributed by atoms with E-state index in [2.05, 4.69) is 5.32 Å². The van der Waals surface area contributed by atoms with Crippen molar-refractivity contribution in [2.24, 2.45) is 11.7 Å². The Hall–Kier alpha value is -1.10. The van der Waals surface area contributed by atoms with Gasteiger partial charge in [-0.2, -0.15) is 0 Å². The number of hydrogen-bond donors (Lipinski definition) is 2. The van der Waals surface area contributed by atoms with Crippen LogP contribution in [0.4, 0.5) is 0 Å². The monoisotopic (exact) mass is 215 g/mol. The minimum Gasteiger partial charge on any atom is -0.347 e. The molecule has 0 fully saturated rings. The number of nitrogens with two attached hydrogens (primary N) is 1. The number of nitrogens with zero attached hydrogens (tertiary/aromatic N) is 1. The van der Waals surface area contributed by atoms with Gasteiger partial charge in [0, 0.05) is 14.1 Å². The smallest absolute Gasteiger partial charge is 0.244 e. The molecule has 0 aromatic rings. The molecule has 5 nitrogen and oxygen atoms in total. The fraction of sp³-hybridized carbons (Fsp3) is 0.800. The molecule has 15 heavy (non-hydrogen) atoms. The van der Waals surface area contributed by atoms with Crippen molar-refractivity contribution in [2.45, 2.75) is 32.9 Å². The van der Waals surface area contributed by atoms with Gasteiger partial charge in [-0.1, -0.05) is 13.8 Å². The SMILES string of the molecule is CC(NC(=O)[C@H](N)C(C)C)C(=O)N(C)C. The fourth-order valence-electron chi connectivity index (χ4n) is 1.06. The molecule has 0 aliphatic carbocycles. The molecule has 2 amide bonds. The Bertz CT molecular complexity index is 239. The van der Waals surface area contributed by atoms with Crippen LogP contribution in [0.5, 0.6) is 0 Å². The molecule has 5 heteroatoms. The maximum atomic E-state index is 11.5. The molecule has 88 valence electrons. The van der Waals surface area contributed by atoms with E-state index in [1.165, 1.54) is 4.90 Å². The van der Waals surface area contributed by atoms with Gasteiger partial charge in [0.15, 0.2) is 0 Å². The standard InChI is InChI=1S/C10H21N3O2/c1-6(2)8(11)9(14)12-7(3)10(15)13(4)5/h6-8H,11H2,1-5H3,(H,12,14)/t7?,8-/m1/s1. The van der Waals surface area contributed by atoms with Crippen LogP contribution in [0.25, 0.3) is 0 Å². The summed E-state index contributed by atoms with van der Waals surface area (Å²) in [6, 6.07) is -1.10. The van der Waals surface area contributed by atoms with Crippen LogP contribution >= 0.6 is 0 Å². The third-order valence-electron chi connectivity index (χ3n) is 2.19. The highest BCUT2D eigenvalue weighted by molar-refractivity contribution is 5.89.